The van der Waals surface area contributed by atoms with Crippen molar-refractivity contribution >= 4 is 29.0 Å². The molecule has 1 amide bonds. The lowest BCUT2D eigenvalue weighted by molar-refractivity contribution is -0.384. The molecular weight excluding hydrogens is 412 g/mol. The normalized spacial score (nSPS) is 17.8. The average Bonchev–Trinajstić information content (AvgIpc) is 2.78. The fourth-order valence-electron chi connectivity index (χ4n) is 3.73. The van der Waals surface area contributed by atoms with Gasteiger partial charge in [0.25, 0.3) is 11.6 Å². The van der Waals surface area contributed by atoms with E-state index in [-0.39, 0.29) is 16.8 Å². The highest BCUT2D eigenvalue weighted by Crippen LogP contribution is 2.42. The van der Waals surface area contributed by atoms with Crippen molar-refractivity contribution in [3.05, 3.63) is 81.0 Å². The summed E-state index contributed by atoms with van der Waals surface area (Å²) >= 11 is 0. The molecule has 2 unspecified atom stereocenters. The quantitative estimate of drug-likeness (QED) is 0.431. The molecule has 9 nitrogen and oxygen atoms in total. The van der Waals surface area contributed by atoms with Gasteiger partial charge < -0.3 is 10.1 Å². The van der Waals surface area contributed by atoms with Crippen LogP contribution in [0, 0.1) is 27.4 Å². The molecule has 1 aliphatic heterocycles. The minimum atomic E-state index is -0.731. The zero-order valence-corrected chi connectivity index (χ0v) is 17.7. The third-order valence-electron chi connectivity index (χ3n) is 5.26. The molecule has 0 bridgehead atoms. The van der Waals surface area contributed by atoms with Crippen molar-refractivity contribution in [1.29, 1.82) is 5.26 Å². The van der Waals surface area contributed by atoms with Gasteiger partial charge in [0.1, 0.15) is 0 Å². The van der Waals surface area contributed by atoms with E-state index in [1.807, 2.05) is 0 Å². The average molecular weight is 432 g/mol. The van der Waals surface area contributed by atoms with E-state index in [4.69, 9.17) is 4.74 Å². The molecule has 0 saturated carbocycles. The zero-order valence-electron chi connectivity index (χ0n) is 17.7. The first-order chi connectivity index (χ1) is 15.3. The Labute approximate surface area is 184 Å². The molecule has 0 saturated heterocycles. The second kappa shape index (κ2) is 9.22. The Morgan fingerprint density at radius 1 is 1.16 bits per heavy atom. The van der Waals surface area contributed by atoms with Crippen LogP contribution in [-0.4, -0.2) is 29.6 Å². The molecule has 9 heteroatoms. The van der Waals surface area contributed by atoms with Crippen LogP contribution in [0.1, 0.15) is 35.7 Å². The number of aliphatic imine (C=N–C) groups is 1. The van der Waals surface area contributed by atoms with Crippen molar-refractivity contribution in [2.75, 3.05) is 12.4 Å². The number of nitrogens with zero attached hydrogens (tertiary/aromatic N) is 3. The highest BCUT2D eigenvalue weighted by Gasteiger charge is 2.38. The molecule has 0 aromatic heterocycles. The van der Waals surface area contributed by atoms with Gasteiger partial charge in [0.05, 0.1) is 29.6 Å². The predicted octanol–water partition coefficient (Wildman–Crippen LogP) is 3.99. The molecule has 162 valence electrons. The number of nitrogens with one attached hydrogen (secondary N) is 1. The first kappa shape index (κ1) is 22.4. The van der Waals surface area contributed by atoms with Crippen molar-refractivity contribution in [2.24, 2.45) is 10.9 Å². The number of benzene rings is 2. The number of non-ortho nitro benzene ring substituents is 1. The molecule has 1 heterocycles. The summed E-state index contributed by atoms with van der Waals surface area (Å²) in [7, 11) is 1.26. The van der Waals surface area contributed by atoms with Gasteiger partial charge in [0.2, 0.25) is 0 Å². The van der Waals surface area contributed by atoms with Crippen LogP contribution in [-0.2, 0) is 9.53 Å². The first-order valence-electron chi connectivity index (χ1n) is 9.67. The number of rotatable bonds is 5. The highest BCUT2D eigenvalue weighted by atomic mass is 16.6. The zero-order chi connectivity index (χ0) is 23.4. The minimum Gasteiger partial charge on any atom is -0.466 e. The number of carbonyl (C=O) groups is 2. The van der Waals surface area contributed by atoms with E-state index < -0.39 is 28.6 Å². The van der Waals surface area contributed by atoms with Crippen LogP contribution in [0.5, 0.6) is 0 Å². The summed E-state index contributed by atoms with van der Waals surface area (Å²) < 4.78 is 4.94. The molecule has 2 aromatic carbocycles. The Balaban J connectivity index is 2.03. The van der Waals surface area contributed by atoms with Crippen LogP contribution in [0.25, 0.3) is 0 Å². The number of nitro benzene ring substituents is 1. The number of hydrogen-bond donors (Lipinski definition) is 1. The lowest BCUT2D eigenvalue weighted by Crippen LogP contribution is -2.30. The Morgan fingerprint density at radius 3 is 2.41 bits per heavy atom. The number of nitriles is 1. The van der Waals surface area contributed by atoms with Crippen molar-refractivity contribution in [2.45, 2.75) is 19.8 Å². The predicted molar refractivity (Wildman–Crippen MR) is 117 cm³/mol. The number of esters is 1. The Bertz CT molecular complexity index is 1190. The summed E-state index contributed by atoms with van der Waals surface area (Å²) in [5.41, 5.74) is 2.32. The van der Waals surface area contributed by atoms with Crippen LogP contribution in [0.4, 0.5) is 11.4 Å². The van der Waals surface area contributed by atoms with Gasteiger partial charge in [-0.3, -0.25) is 19.9 Å². The molecule has 0 radical (unpaired) electrons. The van der Waals surface area contributed by atoms with Crippen molar-refractivity contribution in [1.82, 2.24) is 0 Å². The van der Waals surface area contributed by atoms with E-state index in [1.165, 1.54) is 31.4 Å². The van der Waals surface area contributed by atoms with Crippen LogP contribution in [0.2, 0.25) is 0 Å². The van der Waals surface area contributed by atoms with E-state index in [1.54, 1.807) is 38.1 Å². The summed E-state index contributed by atoms with van der Waals surface area (Å²) in [5, 5.41) is 23.5. The van der Waals surface area contributed by atoms with Crippen molar-refractivity contribution in [3.8, 4) is 6.07 Å². The summed E-state index contributed by atoms with van der Waals surface area (Å²) in [6.45, 7) is 3.39. The largest absolute Gasteiger partial charge is 0.466 e. The number of para-hydroxylation sites is 1. The minimum absolute atomic E-state index is 0.126. The van der Waals surface area contributed by atoms with Crippen LogP contribution < -0.4 is 5.32 Å². The maximum atomic E-state index is 12.8. The van der Waals surface area contributed by atoms with Crippen LogP contribution >= 0.6 is 0 Å². The van der Waals surface area contributed by atoms with Gasteiger partial charge in [-0.25, -0.2) is 4.79 Å². The van der Waals surface area contributed by atoms with Crippen LogP contribution in [0.3, 0.4) is 0 Å². The number of hydrogen-bond acceptors (Lipinski definition) is 7. The highest BCUT2D eigenvalue weighted by molar-refractivity contribution is 6.05. The Morgan fingerprint density at radius 2 is 1.81 bits per heavy atom. The van der Waals surface area contributed by atoms with E-state index in [0.717, 1.165) is 0 Å². The second-order valence-electron chi connectivity index (χ2n) is 7.17. The maximum Gasteiger partial charge on any atom is 0.336 e. The molecular formula is C23H20N4O5. The summed E-state index contributed by atoms with van der Waals surface area (Å²) in [6.07, 6.45) is 0. The lowest BCUT2D eigenvalue weighted by atomic mass is 9.76. The number of allylic oxidation sites excluding steroid dienone is 1. The molecule has 2 aromatic rings. The van der Waals surface area contributed by atoms with Gasteiger partial charge in [0.15, 0.2) is 0 Å². The summed E-state index contributed by atoms with van der Waals surface area (Å²) in [6, 6.07) is 14.3. The number of nitro groups is 1. The summed E-state index contributed by atoms with van der Waals surface area (Å²) in [5.74, 6) is -2.51. The molecule has 1 aliphatic rings. The van der Waals surface area contributed by atoms with E-state index in [9.17, 15) is 25.0 Å². The number of amides is 1. The maximum absolute atomic E-state index is 12.8. The first-order valence-corrected chi connectivity index (χ1v) is 9.67. The third-order valence-corrected chi connectivity index (χ3v) is 5.26. The molecule has 0 aliphatic carbocycles. The summed E-state index contributed by atoms with van der Waals surface area (Å²) in [4.78, 5) is 40.0. The Hall–Kier alpha value is -4.32. The van der Waals surface area contributed by atoms with Gasteiger partial charge in [-0.2, -0.15) is 5.26 Å². The second-order valence-corrected chi connectivity index (χ2v) is 7.17. The molecule has 32 heavy (non-hydrogen) atoms. The number of ether oxygens (including phenoxy) is 1. The van der Waals surface area contributed by atoms with Crippen LogP contribution in [0.15, 0.2) is 64.8 Å². The molecule has 3 rings (SSSR count). The van der Waals surface area contributed by atoms with Gasteiger partial charge in [-0.15, -0.1) is 0 Å². The number of anilines is 1. The third kappa shape index (κ3) is 4.25. The molecule has 2 atom stereocenters. The van der Waals surface area contributed by atoms with Gasteiger partial charge in [0, 0.05) is 40.7 Å². The number of methoxy groups -OCH3 is 1. The van der Waals surface area contributed by atoms with Gasteiger partial charge >= 0.3 is 5.97 Å². The van der Waals surface area contributed by atoms with E-state index in [0.29, 0.717) is 22.7 Å². The molecule has 0 spiro atoms. The standard InChI is InChI=1S/C23H20N4O5/c1-13-18(12-24)21(20(14(2)25-13)23(29)32-3)17-6-4-5-7-19(17)26-22(28)15-8-10-16(11-9-15)27(30)31/h4-11,18,21H,1-3H3,(H,26,28). The monoisotopic (exact) mass is 432 g/mol. The molecule has 1 N–H and O–H groups in total. The number of carbonyl (C=O) groups excluding carboxylic acids is 2. The molecule has 0 fully saturated rings. The van der Waals surface area contributed by atoms with E-state index in [2.05, 4.69) is 16.4 Å². The van der Waals surface area contributed by atoms with Gasteiger partial charge in [-0.05, 0) is 37.6 Å². The topological polar surface area (TPSA) is 135 Å². The van der Waals surface area contributed by atoms with E-state index >= 15 is 0 Å². The Kier molecular flexibility index (Phi) is 6.45. The SMILES string of the molecule is COC(=O)C1=C(C)N=C(C)C(C#N)C1c1ccccc1NC(=O)c1ccc([N+](=O)[O-])cc1. The lowest BCUT2D eigenvalue weighted by Gasteiger charge is -2.30. The van der Waals surface area contributed by atoms with Crippen molar-refractivity contribution < 1.29 is 19.2 Å². The fourth-order valence-corrected chi connectivity index (χ4v) is 3.73. The smallest absolute Gasteiger partial charge is 0.336 e. The van der Waals surface area contributed by atoms with Crippen molar-refractivity contribution in [3.63, 3.8) is 0 Å². The fraction of sp³-hybridized carbons (Fsp3) is 0.217. The van der Waals surface area contributed by atoms with Gasteiger partial charge in [-0.1, -0.05) is 18.2 Å².